The van der Waals surface area contributed by atoms with E-state index in [4.69, 9.17) is 4.74 Å². The van der Waals surface area contributed by atoms with Crippen LogP contribution in [0.25, 0.3) is 0 Å². The molecule has 21 heavy (non-hydrogen) atoms. The maximum absolute atomic E-state index is 6.47. The van der Waals surface area contributed by atoms with E-state index in [-0.39, 0.29) is 0 Å². The molecule has 3 atom stereocenters. The van der Waals surface area contributed by atoms with Crippen molar-refractivity contribution in [2.75, 3.05) is 13.7 Å². The lowest BCUT2D eigenvalue weighted by atomic mass is 9.58. The molecule has 0 amide bonds. The Morgan fingerprint density at radius 2 is 1.86 bits per heavy atom. The van der Waals surface area contributed by atoms with Crippen LogP contribution in [-0.4, -0.2) is 25.8 Å². The maximum Gasteiger partial charge on any atom is 0.0661 e. The first-order chi connectivity index (χ1) is 10.3. The largest absolute Gasteiger partial charge is 0.377 e. The molecule has 0 aromatic carbocycles. The zero-order chi connectivity index (χ0) is 15.1. The summed E-state index contributed by atoms with van der Waals surface area (Å²) >= 11 is 0. The lowest BCUT2D eigenvalue weighted by Crippen LogP contribution is -2.63. The summed E-state index contributed by atoms with van der Waals surface area (Å²) in [5.41, 5.74) is 0.467. The third-order valence-corrected chi connectivity index (χ3v) is 6.24. The van der Waals surface area contributed by atoms with Crippen LogP contribution in [0, 0.1) is 11.3 Å². The van der Waals surface area contributed by atoms with Crippen molar-refractivity contribution < 1.29 is 4.74 Å². The Bertz CT molecular complexity index is 283. The van der Waals surface area contributed by atoms with E-state index in [0.29, 0.717) is 17.6 Å². The zero-order valence-corrected chi connectivity index (χ0v) is 14.6. The highest BCUT2D eigenvalue weighted by molar-refractivity contribution is 5.08. The monoisotopic (exact) mass is 295 g/mol. The SMILES string of the molecule is CCCCC(CC)COC1CC(NC)C12CCCCCC2. The van der Waals surface area contributed by atoms with Crippen molar-refractivity contribution in [3.05, 3.63) is 0 Å². The summed E-state index contributed by atoms with van der Waals surface area (Å²) in [5, 5.41) is 3.58. The molecule has 2 saturated carbocycles. The van der Waals surface area contributed by atoms with Gasteiger partial charge >= 0.3 is 0 Å². The fourth-order valence-electron chi connectivity index (χ4n) is 4.59. The first-order valence-electron chi connectivity index (χ1n) is 9.55. The van der Waals surface area contributed by atoms with E-state index in [1.54, 1.807) is 0 Å². The van der Waals surface area contributed by atoms with Crippen molar-refractivity contribution >= 4 is 0 Å². The Balaban J connectivity index is 1.86. The molecule has 0 aromatic heterocycles. The average molecular weight is 296 g/mol. The fraction of sp³-hybridized carbons (Fsp3) is 1.00. The van der Waals surface area contributed by atoms with Crippen LogP contribution in [0.1, 0.15) is 84.5 Å². The third kappa shape index (κ3) is 4.01. The molecule has 3 unspecified atom stereocenters. The number of rotatable bonds is 8. The van der Waals surface area contributed by atoms with E-state index < -0.39 is 0 Å². The third-order valence-electron chi connectivity index (χ3n) is 6.24. The molecule has 2 aliphatic carbocycles. The standard InChI is InChI=1S/C19H37NO/c1-4-6-11-16(5-2)15-21-18-14-17(20-3)19(18)12-9-7-8-10-13-19/h16-18,20H,4-15H2,1-3H3. The molecule has 1 spiro atoms. The van der Waals surface area contributed by atoms with E-state index >= 15 is 0 Å². The normalized spacial score (nSPS) is 29.9. The summed E-state index contributed by atoms with van der Waals surface area (Å²) in [5.74, 6) is 0.779. The predicted molar refractivity (Wildman–Crippen MR) is 90.6 cm³/mol. The van der Waals surface area contributed by atoms with Gasteiger partial charge in [0, 0.05) is 18.1 Å². The number of unbranched alkanes of at least 4 members (excludes halogenated alkanes) is 1. The molecule has 124 valence electrons. The Labute approximate surface area is 132 Å². The number of nitrogens with one attached hydrogen (secondary N) is 1. The van der Waals surface area contributed by atoms with Gasteiger partial charge in [0.05, 0.1) is 6.10 Å². The molecular weight excluding hydrogens is 258 g/mol. The van der Waals surface area contributed by atoms with Crippen LogP contribution in [0.3, 0.4) is 0 Å². The van der Waals surface area contributed by atoms with Gasteiger partial charge in [-0.05, 0) is 38.6 Å². The van der Waals surface area contributed by atoms with Crippen LogP contribution in [0.15, 0.2) is 0 Å². The molecule has 0 saturated heterocycles. The lowest BCUT2D eigenvalue weighted by Gasteiger charge is -2.56. The summed E-state index contributed by atoms with van der Waals surface area (Å²) in [7, 11) is 2.14. The highest BCUT2D eigenvalue weighted by Crippen LogP contribution is 2.52. The smallest absolute Gasteiger partial charge is 0.0661 e. The minimum absolute atomic E-state index is 0.467. The molecule has 2 fully saturated rings. The molecule has 1 N–H and O–H groups in total. The summed E-state index contributed by atoms with van der Waals surface area (Å²) in [4.78, 5) is 0. The van der Waals surface area contributed by atoms with E-state index in [1.807, 2.05) is 0 Å². The number of hydrogen-bond donors (Lipinski definition) is 1. The number of hydrogen-bond acceptors (Lipinski definition) is 2. The second-order valence-electron chi connectivity index (χ2n) is 7.46. The first kappa shape index (κ1) is 17.3. The van der Waals surface area contributed by atoms with Crippen molar-refractivity contribution in [1.82, 2.24) is 5.32 Å². The van der Waals surface area contributed by atoms with Crippen LogP contribution in [0.2, 0.25) is 0 Å². The molecule has 0 aromatic rings. The molecular formula is C19H37NO. The van der Waals surface area contributed by atoms with Gasteiger partial charge in [0.25, 0.3) is 0 Å². The van der Waals surface area contributed by atoms with Gasteiger partial charge in [-0.1, -0.05) is 58.8 Å². The molecule has 2 aliphatic rings. The van der Waals surface area contributed by atoms with Gasteiger partial charge in [0.1, 0.15) is 0 Å². The van der Waals surface area contributed by atoms with Gasteiger partial charge in [0.15, 0.2) is 0 Å². The first-order valence-corrected chi connectivity index (χ1v) is 9.55. The highest BCUT2D eigenvalue weighted by atomic mass is 16.5. The summed E-state index contributed by atoms with van der Waals surface area (Å²) in [6.07, 6.45) is 15.5. The summed E-state index contributed by atoms with van der Waals surface area (Å²) in [6.45, 7) is 5.61. The van der Waals surface area contributed by atoms with Gasteiger partial charge in [-0.3, -0.25) is 0 Å². The molecule has 0 aliphatic heterocycles. The minimum atomic E-state index is 0.467. The maximum atomic E-state index is 6.47. The van der Waals surface area contributed by atoms with Crippen LogP contribution in [-0.2, 0) is 4.74 Å². The van der Waals surface area contributed by atoms with Gasteiger partial charge in [-0.2, -0.15) is 0 Å². The van der Waals surface area contributed by atoms with Crippen molar-refractivity contribution in [2.45, 2.75) is 96.6 Å². The molecule has 0 bridgehead atoms. The highest BCUT2D eigenvalue weighted by Gasteiger charge is 2.54. The van der Waals surface area contributed by atoms with Crippen molar-refractivity contribution in [2.24, 2.45) is 11.3 Å². The fourth-order valence-corrected chi connectivity index (χ4v) is 4.59. The number of ether oxygens (including phenoxy) is 1. The van der Waals surface area contributed by atoms with Crippen molar-refractivity contribution in [1.29, 1.82) is 0 Å². The summed E-state index contributed by atoms with van der Waals surface area (Å²) < 4.78 is 6.47. The quantitative estimate of drug-likeness (QED) is 0.686. The van der Waals surface area contributed by atoms with Gasteiger partial charge in [-0.25, -0.2) is 0 Å². The Hall–Kier alpha value is -0.0800. The van der Waals surface area contributed by atoms with Crippen molar-refractivity contribution in [3.63, 3.8) is 0 Å². The lowest BCUT2D eigenvalue weighted by molar-refractivity contribution is -0.149. The van der Waals surface area contributed by atoms with E-state index in [9.17, 15) is 0 Å². The second kappa shape index (κ2) is 8.53. The van der Waals surface area contributed by atoms with Gasteiger partial charge < -0.3 is 10.1 Å². The Morgan fingerprint density at radius 3 is 2.43 bits per heavy atom. The minimum Gasteiger partial charge on any atom is -0.377 e. The van der Waals surface area contributed by atoms with Gasteiger partial charge in [0.2, 0.25) is 0 Å². The van der Waals surface area contributed by atoms with Gasteiger partial charge in [-0.15, -0.1) is 0 Å². The molecule has 0 radical (unpaired) electrons. The zero-order valence-electron chi connectivity index (χ0n) is 14.6. The predicted octanol–water partition coefficient (Wildman–Crippen LogP) is 4.92. The van der Waals surface area contributed by atoms with Crippen LogP contribution in [0.4, 0.5) is 0 Å². The van der Waals surface area contributed by atoms with E-state index in [2.05, 4.69) is 26.2 Å². The van der Waals surface area contributed by atoms with E-state index in [0.717, 1.165) is 12.5 Å². The topological polar surface area (TPSA) is 21.3 Å². The van der Waals surface area contributed by atoms with Crippen LogP contribution in [0.5, 0.6) is 0 Å². The Kier molecular flexibility index (Phi) is 7.01. The van der Waals surface area contributed by atoms with Crippen molar-refractivity contribution in [3.8, 4) is 0 Å². The van der Waals surface area contributed by atoms with Crippen LogP contribution < -0.4 is 5.32 Å². The average Bonchev–Trinajstić information content (AvgIpc) is 2.77. The van der Waals surface area contributed by atoms with Crippen LogP contribution >= 0.6 is 0 Å². The molecule has 0 heterocycles. The van der Waals surface area contributed by atoms with E-state index in [1.165, 1.54) is 70.6 Å². The Morgan fingerprint density at radius 1 is 1.14 bits per heavy atom. The second-order valence-corrected chi connectivity index (χ2v) is 7.46. The molecule has 2 heteroatoms. The molecule has 2 rings (SSSR count). The summed E-state index contributed by atoms with van der Waals surface area (Å²) in [6, 6.07) is 0.705. The molecule has 2 nitrogen and oxygen atoms in total.